The molecule has 1 aromatic carbocycles. The Labute approximate surface area is 196 Å². The summed E-state index contributed by atoms with van der Waals surface area (Å²) in [5.74, 6) is 0.185. The minimum atomic E-state index is -0.508. The molecule has 0 unspecified atom stereocenters. The number of carbonyl (C=O) groups excluding carboxylic acids is 1. The summed E-state index contributed by atoms with van der Waals surface area (Å²) in [5, 5.41) is 15.8. The average Bonchev–Trinajstić information content (AvgIpc) is 3.25. The van der Waals surface area contributed by atoms with Gasteiger partial charge in [0.1, 0.15) is 27.4 Å². The maximum atomic E-state index is 13.0. The maximum Gasteiger partial charge on any atom is 0.270 e. The lowest BCUT2D eigenvalue weighted by Gasteiger charge is -2.18. The van der Waals surface area contributed by atoms with Gasteiger partial charge in [0.15, 0.2) is 0 Å². The van der Waals surface area contributed by atoms with Crippen LogP contribution in [-0.4, -0.2) is 28.5 Å². The van der Waals surface area contributed by atoms with E-state index in [0.29, 0.717) is 33.7 Å². The zero-order valence-electron chi connectivity index (χ0n) is 19.8. The van der Waals surface area contributed by atoms with Crippen molar-refractivity contribution in [2.24, 2.45) is 10.4 Å². The number of nitriles is 1. The average molecular weight is 468 g/mol. The number of hydrogen-bond acceptors (Lipinski definition) is 7. The zero-order chi connectivity index (χ0) is 24.4. The maximum absolute atomic E-state index is 13.0. The van der Waals surface area contributed by atoms with E-state index in [1.54, 1.807) is 22.9 Å². The molecule has 0 spiro atoms. The van der Waals surface area contributed by atoms with Crippen molar-refractivity contribution in [3.05, 3.63) is 43.8 Å². The highest BCUT2D eigenvalue weighted by atomic mass is 32.1. The molecule has 1 amide bonds. The number of hydrogen-bond donors (Lipinski definition) is 2. The highest BCUT2D eigenvalue weighted by Gasteiger charge is 2.29. The van der Waals surface area contributed by atoms with Crippen molar-refractivity contribution in [3.8, 4) is 6.07 Å². The van der Waals surface area contributed by atoms with Gasteiger partial charge in [0.25, 0.3) is 5.56 Å². The van der Waals surface area contributed by atoms with Crippen molar-refractivity contribution in [2.45, 2.75) is 53.6 Å². The van der Waals surface area contributed by atoms with Crippen molar-refractivity contribution < 1.29 is 9.53 Å². The third-order valence-corrected chi connectivity index (χ3v) is 6.03. The van der Waals surface area contributed by atoms with Gasteiger partial charge in [-0.15, -0.1) is 11.3 Å². The smallest absolute Gasteiger partial charge is 0.270 e. The van der Waals surface area contributed by atoms with Crippen LogP contribution >= 0.6 is 11.3 Å². The molecule has 0 aliphatic carbocycles. The predicted octanol–water partition coefficient (Wildman–Crippen LogP) is 2.65. The molecule has 1 aliphatic rings. The van der Waals surface area contributed by atoms with E-state index >= 15 is 0 Å². The number of anilines is 2. The number of rotatable bonds is 5. The molecule has 0 atom stereocenters. The Morgan fingerprint density at radius 2 is 2.06 bits per heavy atom. The van der Waals surface area contributed by atoms with Gasteiger partial charge in [0.05, 0.1) is 5.54 Å². The van der Waals surface area contributed by atoms with E-state index in [1.807, 2.05) is 53.7 Å². The fourth-order valence-electron chi connectivity index (χ4n) is 3.05. The highest BCUT2D eigenvalue weighted by molar-refractivity contribution is 7.07. The zero-order valence-corrected chi connectivity index (χ0v) is 20.6. The van der Waals surface area contributed by atoms with E-state index in [1.165, 1.54) is 11.3 Å². The Bertz CT molecular complexity index is 1320. The standard InChI is InChI=1S/C24H29N5O3S/c1-7-29-20(30)18(33-21(29)17(12-25)19-28-24(5,6)14-32-19)13-26-15-9-8-10-16(11-15)27-22(31)23(2,3)4/h8-11,13,26H,7,14H2,1-6H3,(H,27,31)/b18-13+,21-17-. The van der Waals surface area contributed by atoms with Crippen LogP contribution in [0.3, 0.4) is 0 Å². The van der Waals surface area contributed by atoms with Gasteiger partial charge in [-0.2, -0.15) is 5.26 Å². The summed E-state index contributed by atoms with van der Waals surface area (Å²) in [6.07, 6.45) is 1.61. The van der Waals surface area contributed by atoms with Crippen molar-refractivity contribution >= 4 is 46.3 Å². The van der Waals surface area contributed by atoms with Crippen molar-refractivity contribution in [2.75, 3.05) is 17.2 Å². The monoisotopic (exact) mass is 467 g/mol. The fourth-order valence-corrected chi connectivity index (χ4v) is 4.13. The minimum Gasteiger partial charge on any atom is -0.474 e. The van der Waals surface area contributed by atoms with Crippen LogP contribution in [0, 0.1) is 16.7 Å². The molecule has 8 nitrogen and oxygen atoms in total. The number of benzene rings is 1. The van der Waals surface area contributed by atoms with E-state index in [-0.39, 0.29) is 22.9 Å². The van der Waals surface area contributed by atoms with Crippen LogP contribution in [0.1, 0.15) is 41.5 Å². The molecule has 9 heteroatoms. The van der Waals surface area contributed by atoms with Crippen molar-refractivity contribution in [3.63, 3.8) is 0 Å². The van der Waals surface area contributed by atoms with Crippen molar-refractivity contribution in [1.29, 1.82) is 5.26 Å². The Hall–Kier alpha value is -3.38. The topological polar surface area (TPSA) is 109 Å². The number of nitrogens with zero attached hydrogens (tertiary/aromatic N) is 3. The van der Waals surface area contributed by atoms with Gasteiger partial charge < -0.3 is 15.4 Å². The number of aromatic nitrogens is 1. The van der Waals surface area contributed by atoms with Crippen LogP contribution in [-0.2, 0) is 16.1 Å². The quantitative estimate of drug-likeness (QED) is 0.703. The molecule has 33 heavy (non-hydrogen) atoms. The van der Waals surface area contributed by atoms with Gasteiger partial charge in [-0.3, -0.25) is 14.2 Å². The van der Waals surface area contributed by atoms with Crippen LogP contribution in [0.4, 0.5) is 11.4 Å². The van der Waals surface area contributed by atoms with Gasteiger partial charge in [0.2, 0.25) is 11.8 Å². The highest BCUT2D eigenvalue weighted by Crippen LogP contribution is 2.21. The Morgan fingerprint density at radius 1 is 1.36 bits per heavy atom. The Kier molecular flexibility index (Phi) is 6.79. The molecule has 2 aromatic rings. The van der Waals surface area contributed by atoms with Gasteiger partial charge in [-0.1, -0.05) is 26.8 Å². The van der Waals surface area contributed by atoms with Gasteiger partial charge >= 0.3 is 0 Å². The van der Waals surface area contributed by atoms with Gasteiger partial charge in [-0.25, -0.2) is 4.99 Å². The summed E-state index contributed by atoms with van der Waals surface area (Å²) in [6.45, 7) is 12.1. The van der Waals surface area contributed by atoms with E-state index in [4.69, 9.17) is 4.74 Å². The molecule has 1 aromatic heterocycles. The Balaban J connectivity index is 1.98. The number of aliphatic imine (C=N–C) groups is 1. The van der Waals surface area contributed by atoms with E-state index in [9.17, 15) is 14.9 Å². The molecule has 174 valence electrons. The van der Waals surface area contributed by atoms with Crippen LogP contribution in [0.15, 0.2) is 34.1 Å². The second kappa shape index (κ2) is 9.24. The third kappa shape index (κ3) is 5.52. The lowest BCUT2D eigenvalue weighted by Crippen LogP contribution is -2.32. The predicted molar refractivity (Wildman–Crippen MR) is 133 cm³/mol. The first-order valence-corrected chi connectivity index (χ1v) is 11.5. The Morgan fingerprint density at radius 3 is 2.64 bits per heavy atom. The van der Waals surface area contributed by atoms with E-state index < -0.39 is 11.0 Å². The number of ether oxygens (including phenoxy) is 1. The summed E-state index contributed by atoms with van der Waals surface area (Å²) in [5.41, 5.74) is 0.518. The van der Waals surface area contributed by atoms with Crippen LogP contribution in [0.25, 0.3) is 11.8 Å². The number of carbonyl (C=O) groups is 1. The van der Waals surface area contributed by atoms with E-state index in [2.05, 4.69) is 21.7 Å². The summed E-state index contributed by atoms with van der Waals surface area (Å²) in [6, 6.07) is 9.42. The molecular weight excluding hydrogens is 438 g/mol. The summed E-state index contributed by atoms with van der Waals surface area (Å²) < 4.78 is 8.15. The second-order valence-electron chi connectivity index (χ2n) is 9.40. The lowest BCUT2D eigenvalue weighted by molar-refractivity contribution is -0.123. The SMILES string of the molecule is CCn1c(=O)/c(=C\Nc2cccc(NC(=O)C(C)(C)C)c2)s/c1=C(/C#N)C1=NC(C)(C)CO1. The number of thiazole rings is 1. The third-order valence-electron chi connectivity index (χ3n) is 4.90. The second-order valence-corrected chi connectivity index (χ2v) is 10.4. The first-order valence-electron chi connectivity index (χ1n) is 10.7. The first-order chi connectivity index (χ1) is 15.4. The summed E-state index contributed by atoms with van der Waals surface area (Å²) >= 11 is 1.21. The van der Waals surface area contributed by atoms with E-state index in [0.717, 1.165) is 0 Å². The fraction of sp³-hybridized carbons (Fsp3) is 0.417. The number of nitrogens with one attached hydrogen (secondary N) is 2. The normalized spacial score (nSPS) is 16.5. The largest absolute Gasteiger partial charge is 0.474 e. The van der Waals surface area contributed by atoms with Crippen molar-refractivity contribution in [1.82, 2.24) is 4.57 Å². The molecular formula is C24H29N5O3S. The van der Waals surface area contributed by atoms with Gasteiger partial charge in [0, 0.05) is 29.5 Å². The molecule has 0 saturated heterocycles. The minimum absolute atomic E-state index is 0.0860. The molecule has 0 bridgehead atoms. The van der Waals surface area contributed by atoms with Crippen LogP contribution < -0.4 is 25.4 Å². The van der Waals surface area contributed by atoms with Crippen LogP contribution in [0.2, 0.25) is 0 Å². The first kappa shape index (κ1) is 24.3. The number of amides is 1. The lowest BCUT2D eigenvalue weighted by atomic mass is 9.95. The summed E-state index contributed by atoms with van der Waals surface area (Å²) in [4.78, 5) is 29.7. The van der Waals surface area contributed by atoms with Gasteiger partial charge in [-0.05, 0) is 39.0 Å². The molecule has 0 radical (unpaired) electrons. The van der Waals surface area contributed by atoms with Crippen LogP contribution in [0.5, 0.6) is 0 Å². The molecule has 3 rings (SSSR count). The summed E-state index contributed by atoms with van der Waals surface area (Å²) in [7, 11) is 0. The molecule has 0 fully saturated rings. The molecule has 0 saturated carbocycles. The molecule has 2 heterocycles. The molecule has 2 N–H and O–H groups in total. The molecule has 1 aliphatic heterocycles.